The molecule has 0 spiro atoms. The van der Waals surface area contributed by atoms with Crippen LogP contribution in [-0.4, -0.2) is 12.0 Å². The van der Waals surface area contributed by atoms with Gasteiger partial charge in [-0.1, -0.05) is 11.6 Å². The molecule has 1 aromatic rings. The van der Waals surface area contributed by atoms with E-state index in [0.29, 0.717) is 12.1 Å². The zero-order chi connectivity index (χ0) is 12.5. The molecule has 4 nitrogen and oxygen atoms in total. The van der Waals surface area contributed by atoms with Crippen LogP contribution in [0.3, 0.4) is 0 Å². The van der Waals surface area contributed by atoms with Gasteiger partial charge in [-0.25, -0.2) is 0 Å². The van der Waals surface area contributed by atoms with E-state index in [1.54, 1.807) is 0 Å². The minimum Gasteiger partial charge on any atom is -0.381 e. The maximum absolute atomic E-state index is 12.3. The van der Waals surface area contributed by atoms with Gasteiger partial charge in [0.1, 0.15) is 5.69 Å². The summed E-state index contributed by atoms with van der Waals surface area (Å²) in [6.07, 6.45) is -4.67. The molecule has 0 aliphatic carbocycles. The molecule has 0 fully saturated rings. The maximum atomic E-state index is 12.3. The number of nitro benzene ring substituents is 1. The summed E-state index contributed by atoms with van der Waals surface area (Å²) < 4.78 is 37.0. The molecule has 88 valence electrons. The topological polar surface area (TPSA) is 55.2 Å². The summed E-state index contributed by atoms with van der Waals surface area (Å²) >= 11 is 5.52. The van der Waals surface area contributed by atoms with Crippen LogP contribution in [-0.2, 0) is 6.18 Å². The zero-order valence-electron chi connectivity index (χ0n) is 7.93. The molecular weight excluding hydrogens is 249 g/mol. The number of hydrogen-bond acceptors (Lipinski definition) is 3. The molecule has 0 radical (unpaired) electrons. The number of hydrogen-bond donors (Lipinski definition) is 1. The van der Waals surface area contributed by atoms with E-state index in [9.17, 15) is 23.3 Å². The summed E-state index contributed by atoms with van der Waals surface area (Å²) in [5.41, 5.74) is -2.00. The first-order valence-electron chi connectivity index (χ1n) is 4.00. The van der Waals surface area contributed by atoms with Gasteiger partial charge in [-0.15, -0.1) is 0 Å². The average molecular weight is 255 g/mol. The summed E-state index contributed by atoms with van der Waals surface area (Å²) in [6, 6.07) is 1.08. The summed E-state index contributed by atoms with van der Waals surface area (Å²) in [7, 11) is 1.33. The highest BCUT2D eigenvalue weighted by Gasteiger charge is 2.34. The molecule has 1 aromatic carbocycles. The van der Waals surface area contributed by atoms with E-state index in [1.165, 1.54) is 7.05 Å². The van der Waals surface area contributed by atoms with Gasteiger partial charge in [0.25, 0.3) is 5.69 Å². The maximum Gasteiger partial charge on any atom is 0.416 e. The molecule has 0 saturated heterocycles. The lowest BCUT2D eigenvalue weighted by Gasteiger charge is -2.10. The van der Waals surface area contributed by atoms with Crippen molar-refractivity contribution in [1.29, 1.82) is 0 Å². The monoisotopic (exact) mass is 254 g/mol. The first-order chi connectivity index (χ1) is 7.27. The lowest BCUT2D eigenvalue weighted by atomic mass is 10.1. The second-order valence-electron chi connectivity index (χ2n) is 2.86. The molecule has 0 saturated carbocycles. The van der Waals surface area contributed by atoms with Gasteiger partial charge in [-0.2, -0.15) is 13.2 Å². The molecule has 1 N–H and O–H groups in total. The lowest BCUT2D eigenvalue weighted by Crippen LogP contribution is -2.07. The third-order valence-electron chi connectivity index (χ3n) is 1.84. The van der Waals surface area contributed by atoms with Gasteiger partial charge in [0.05, 0.1) is 15.5 Å². The Morgan fingerprint density at radius 3 is 2.38 bits per heavy atom. The van der Waals surface area contributed by atoms with Gasteiger partial charge in [0, 0.05) is 13.1 Å². The third kappa shape index (κ3) is 2.35. The number of nitrogens with zero attached hydrogens (tertiary/aromatic N) is 1. The number of halogens is 4. The van der Waals surface area contributed by atoms with Gasteiger partial charge in [-0.3, -0.25) is 10.1 Å². The van der Waals surface area contributed by atoms with Crippen LogP contribution in [0.15, 0.2) is 12.1 Å². The van der Waals surface area contributed by atoms with Crippen molar-refractivity contribution < 1.29 is 18.1 Å². The molecule has 0 heterocycles. The molecule has 0 aliphatic heterocycles. The predicted molar refractivity (Wildman–Crippen MR) is 52.7 cm³/mol. The van der Waals surface area contributed by atoms with E-state index >= 15 is 0 Å². The Morgan fingerprint density at radius 1 is 1.44 bits per heavy atom. The number of alkyl halides is 3. The smallest absolute Gasteiger partial charge is 0.381 e. The van der Waals surface area contributed by atoms with Crippen LogP contribution >= 0.6 is 11.6 Å². The van der Waals surface area contributed by atoms with E-state index in [1.807, 2.05) is 0 Å². The number of anilines is 1. The second kappa shape index (κ2) is 4.17. The van der Waals surface area contributed by atoms with Crippen molar-refractivity contribution in [2.75, 3.05) is 12.4 Å². The Hall–Kier alpha value is -1.50. The van der Waals surface area contributed by atoms with E-state index in [0.717, 1.165) is 0 Å². The van der Waals surface area contributed by atoms with Crippen molar-refractivity contribution >= 4 is 23.0 Å². The van der Waals surface area contributed by atoms with Crippen LogP contribution in [0.5, 0.6) is 0 Å². The molecule has 0 unspecified atom stereocenters. The zero-order valence-corrected chi connectivity index (χ0v) is 8.69. The summed E-state index contributed by atoms with van der Waals surface area (Å²) in [5.74, 6) is 0. The Balaban J connectivity index is 3.46. The van der Waals surface area contributed by atoms with Gasteiger partial charge in [-0.05, 0) is 6.07 Å². The molecule has 0 amide bonds. The molecule has 16 heavy (non-hydrogen) atoms. The fourth-order valence-corrected chi connectivity index (χ4v) is 1.46. The third-order valence-corrected chi connectivity index (χ3v) is 2.14. The van der Waals surface area contributed by atoms with Crippen molar-refractivity contribution in [3.8, 4) is 0 Å². The minimum absolute atomic E-state index is 0.139. The minimum atomic E-state index is -4.67. The number of nitro groups is 1. The van der Waals surface area contributed by atoms with Crippen molar-refractivity contribution in [3.63, 3.8) is 0 Å². The molecule has 8 heteroatoms. The van der Waals surface area contributed by atoms with Crippen LogP contribution in [0.25, 0.3) is 0 Å². The standard InChI is InChI=1S/C8H6ClF3N2O2/c1-13-7-5(9)2-4(8(10,11)12)3-6(7)14(15)16/h2-3,13H,1H3. The molecular formula is C8H6ClF3N2O2. The lowest BCUT2D eigenvalue weighted by molar-refractivity contribution is -0.384. The van der Waals surface area contributed by atoms with Gasteiger partial charge >= 0.3 is 6.18 Å². The van der Waals surface area contributed by atoms with Crippen LogP contribution in [0.2, 0.25) is 5.02 Å². The van der Waals surface area contributed by atoms with Gasteiger partial charge in [0.15, 0.2) is 0 Å². The highest BCUT2D eigenvalue weighted by Crippen LogP contribution is 2.39. The fraction of sp³-hybridized carbons (Fsp3) is 0.250. The largest absolute Gasteiger partial charge is 0.416 e. The summed E-state index contributed by atoms with van der Waals surface area (Å²) in [6.45, 7) is 0. The summed E-state index contributed by atoms with van der Waals surface area (Å²) in [5, 5.41) is 12.6. The van der Waals surface area contributed by atoms with E-state index in [-0.39, 0.29) is 10.7 Å². The highest BCUT2D eigenvalue weighted by atomic mass is 35.5. The quantitative estimate of drug-likeness (QED) is 0.651. The normalized spacial score (nSPS) is 11.3. The Kier molecular flexibility index (Phi) is 3.27. The molecule has 1 rings (SSSR count). The number of rotatable bonds is 2. The van der Waals surface area contributed by atoms with Crippen molar-refractivity contribution in [1.82, 2.24) is 0 Å². The fourth-order valence-electron chi connectivity index (χ4n) is 1.15. The Bertz CT molecular complexity index is 434. The Morgan fingerprint density at radius 2 is 2.00 bits per heavy atom. The molecule has 0 atom stereocenters. The molecule has 0 aliphatic rings. The van der Waals surface area contributed by atoms with Crippen LogP contribution in [0, 0.1) is 10.1 Å². The summed E-state index contributed by atoms with van der Waals surface area (Å²) in [4.78, 5) is 9.63. The van der Waals surface area contributed by atoms with E-state index < -0.39 is 22.4 Å². The molecule has 0 bridgehead atoms. The van der Waals surface area contributed by atoms with Crippen LogP contribution in [0.1, 0.15) is 5.56 Å². The van der Waals surface area contributed by atoms with Gasteiger partial charge in [0.2, 0.25) is 0 Å². The van der Waals surface area contributed by atoms with Gasteiger partial charge < -0.3 is 5.32 Å². The van der Waals surface area contributed by atoms with E-state index in [2.05, 4.69) is 5.32 Å². The SMILES string of the molecule is CNc1c(Cl)cc(C(F)(F)F)cc1[N+](=O)[O-]. The number of nitrogens with one attached hydrogen (secondary N) is 1. The second-order valence-corrected chi connectivity index (χ2v) is 3.26. The van der Waals surface area contributed by atoms with Crippen LogP contribution < -0.4 is 5.32 Å². The molecule has 0 aromatic heterocycles. The van der Waals surface area contributed by atoms with Crippen molar-refractivity contribution in [3.05, 3.63) is 32.8 Å². The predicted octanol–water partition coefficient (Wildman–Crippen LogP) is 3.31. The number of benzene rings is 1. The van der Waals surface area contributed by atoms with Crippen molar-refractivity contribution in [2.24, 2.45) is 0 Å². The Labute approximate surface area is 93.2 Å². The van der Waals surface area contributed by atoms with Crippen molar-refractivity contribution in [2.45, 2.75) is 6.18 Å². The average Bonchev–Trinajstić information content (AvgIpc) is 2.14. The first kappa shape index (κ1) is 12.6. The highest BCUT2D eigenvalue weighted by molar-refractivity contribution is 6.33. The van der Waals surface area contributed by atoms with E-state index in [4.69, 9.17) is 11.6 Å². The van der Waals surface area contributed by atoms with Crippen LogP contribution in [0.4, 0.5) is 24.5 Å². The first-order valence-corrected chi connectivity index (χ1v) is 4.38.